The average molecular weight is 317 g/mol. The molecule has 0 spiro atoms. The minimum Gasteiger partial charge on any atom is -0.399 e. The van der Waals surface area contributed by atoms with Crippen LogP contribution < -0.4 is 5.73 Å². The summed E-state index contributed by atoms with van der Waals surface area (Å²) in [7, 11) is -4.32. The summed E-state index contributed by atoms with van der Waals surface area (Å²) in [5, 5.41) is 0. The highest BCUT2D eigenvalue weighted by Crippen LogP contribution is 2.24. The van der Waals surface area contributed by atoms with Gasteiger partial charge < -0.3 is 5.73 Å². The summed E-state index contributed by atoms with van der Waals surface area (Å²) in [4.78, 5) is -0.189. The van der Waals surface area contributed by atoms with Crippen molar-refractivity contribution in [1.29, 1.82) is 0 Å². The lowest BCUT2D eigenvalue weighted by Gasteiger charge is -2.09. The summed E-state index contributed by atoms with van der Waals surface area (Å²) in [6, 6.07) is 12.3. The van der Waals surface area contributed by atoms with Crippen molar-refractivity contribution in [3.05, 3.63) is 59.2 Å². The van der Waals surface area contributed by atoms with Gasteiger partial charge in [0.25, 0.3) is 10.1 Å². The van der Waals surface area contributed by atoms with Crippen LogP contribution in [0.15, 0.2) is 47.4 Å². The van der Waals surface area contributed by atoms with Crippen molar-refractivity contribution >= 4 is 28.0 Å². The Kier molecular flexibility index (Phi) is 4.68. The molecule has 2 rings (SSSR count). The predicted molar refractivity (Wildman–Crippen MR) is 90.1 cm³/mol. The molecule has 0 bridgehead atoms. The molecule has 0 aliphatic carbocycles. The second kappa shape index (κ2) is 6.34. The zero-order chi connectivity index (χ0) is 16.3. The molecule has 0 fully saturated rings. The summed E-state index contributed by atoms with van der Waals surface area (Å²) in [5.41, 5.74) is 8.46. The van der Waals surface area contributed by atoms with Crippen molar-refractivity contribution in [3.8, 4) is 0 Å². The van der Waals surface area contributed by atoms with Gasteiger partial charge in [0.05, 0.1) is 0 Å². The van der Waals surface area contributed by atoms with Crippen molar-refractivity contribution in [2.75, 3.05) is 5.73 Å². The summed E-state index contributed by atoms with van der Waals surface area (Å²) in [6.07, 6.45) is 3.51. The van der Waals surface area contributed by atoms with E-state index in [0.29, 0.717) is 11.5 Å². The average Bonchev–Trinajstić information content (AvgIpc) is 2.45. The van der Waals surface area contributed by atoms with Gasteiger partial charge in [-0.05, 0) is 34.7 Å². The molecule has 22 heavy (non-hydrogen) atoms. The molecule has 0 saturated carbocycles. The van der Waals surface area contributed by atoms with Gasteiger partial charge in [-0.25, -0.2) is 0 Å². The van der Waals surface area contributed by atoms with E-state index in [1.807, 2.05) is 30.3 Å². The number of anilines is 1. The number of hydrogen-bond donors (Lipinski definition) is 2. The molecule has 0 radical (unpaired) electrons. The van der Waals surface area contributed by atoms with E-state index in [-0.39, 0.29) is 10.6 Å². The molecule has 116 valence electrons. The van der Waals surface area contributed by atoms with E-state index in [1.54, 1.807) is 18.2 Å². The Balaban J connectivity index is 2.48. The Labute approximate surface area is 131 Å². The quantitative estimate of drug-likeness (QED) is 0.510. The number of rotatable bonds is 4. The van der Waals surface area contributed by atoms with Gasteiger partial charge in [-0.15, -0.1) is 0 Å². The van der Waals surface area contributed by atoms with Crippen molar-refractivity contribution in [3.63, 3.8) is 0 Å². The molecule has 0 atom stereocenters. The lowest BCUT2D eigenvalue weighted by molar-refractivity contribution is 0.483. The van der Waals surface area contributed by atoms with Crippen LogP contribution in [0, 0.1) is 0 Å². The second-order valence-electron chi connectivity index (χ2n) is 5.39. The van der Waals surface area contributed by atoms with Gasteiger partial charge in [-0.3, -0.25) is 4.55 Å². The maximum absolute atomic E-state index is 11.5. The van der Waals surface area contributed by atoms with Gasteiger partial charge >= 0.3 is 0 Å². The Bertz CT molecular complexity index is 808. The van der Waals surface area contributed by atoms with Crippen LogP contribution in [-0.4, -0.2) is 13.0 Å². The Morgan fingerprint density at radius 2 is 1.68 bits per heavy atom. The number of benzene rings is 2. The summed E-state index contributed by atoms with van der Waals surface area (Å²) < 4.78 is 32.2. The van der Waals surface area contributed by atoms with Crippen molar-refractivity contribution in [1.82, 2.24) is 0 Å². The van der Waals surface area contributed by atoms with E-state index < -0.39 is 10.1 Å². The van der Waals surface area contributed by atoms with Crippen molar-refractivity contribution in [2.45, 2.75) is 24.7 Å². The highest BCUT2D eigenvalue weighted by Gasteiger charge is 2.14. The van der Waals surface area contributed by atoms with Crippen LogP contribution in [0.3, 0.4) is 0 Å². The number of nitrogens with two attached hydrogens (primary N) is 1. The molecule has 0 aromatic heterocycles. The van der Waals surface area contributed by atoms with E-state index in [9.17, 15) is 13.0 Å². The highest BCUT2D eigenvalue weighted by atomic mass is 32.2. The van der Waals surface area contributed by atoms with E-state index in [1.165, 1.54) is 11.6 Å². The molecular weight excluding hydrogens is 298 g/mol. The molecule has 4 nitrogen and oxygen atoms in total. The van der Waals surface area contributed by atoms with E-state index in [4.69, 9.17) is 5.73 Å². The molecule has 5 heteroatoms. The van der Waals surface area contributed by atoms with Crippen LogP contribution in [0.5, 0.6) is 0 Å². The number of nitrogen functional groups attached to an aromatic ring is 1. The Morgan fingerprint density at radius 3 is 2.32 bits per heavy atom. The van der Waals surface area contributed by atoms with Crippen molar-refractivity contribution in [2.24, 2.45) is 0 Å². The fourth-order valence-corrected chi connectivity index (χ4v) is 3.00. The van der Waals surface area contributed by atoms with E-state index >= 15 is 0 Å². The first kappa shape index (κ1) is 16.3. The van der Waals surface area contributed by atoms with Crippen molar-refractivity contribution < 1.29 is 13.0 Å². The zero-order valence-corrected chi connectivity index (χ0v) is 13.3. The first-order valence-electron chi connectivity index (χ1n) is 6.93. The Hall–Kier alpha value is -2.11. The van der Waals surface area contributed by atoms with Crippen LogP contribution >= 0.6 is 0 Å². The van der Waals surface area contributed by atoms with Crippen LogP contribution in [0.25, 0.3) is 12.2 Å². The molecule has 3 N–H and O–H groups in total. The summed E-state index contributed by atoms with van der Waals surface area (Å²) >= 11 is 0. The van der Waals surface area contributed by atoms with E-state index in [0.717, 1.165) is 5.56 Å². The third-order valence-corrected chi connectivity index (χ3v) is 4.29. The second-order valence-corrected chi connectivity index (χ2v) is 6.78. The molecule has 0 saturated heterocycles. The molecule has 0 heterocycles. The van der Waals surface area contributed by atoms with E-state index in [2.05, 4.69) is 13.8 Å². The molecule has 0 aliphatic heterocycles. The van der Waals surface area contributed by atoms with Gasteiger partial charge in [-0.1, -0.05) is 56.3 Å². The largest absolute Gasteiger partial charge is 0.399 e. The molecule has 0 unspecified atom stereocenters. The maximum atomic E-state index is 11.5. The number of hydrogen-bond acceptors (Lipinski definition) is 3. The summed E-state index contributed by atoms with van der Waals surface area (Å²) in [5.74, 6) is 0.355. The fourth-order valence-electron chi connectivity index (χ4n) is 2.28. The third-order valence-electron chi connectivity index (χ3n) is 3.38. The lowest BCUT2D eigenvalue weighted by Crippen LogP contribution is -2.02. The molecule has 2 aromatic rings. The van der Waals surface area contributed by atoms with Crippen LogP contribution in [0.2, 0.25) is 0 Å². The fraction of sp³-hybridized carbons (Fsp3) is 0.176. The topological polar surface area (TPSA) is 80.4 Å². The van der Waals surface area contributed by atoms with Gasteiger partial charge in [-0.2, -0.15) is 8.42 Å². The van der Waals surface area contributed by atoms with Crippen LogP contribution in [0.1, 0.15) is 36.5 Å². The first-order chi connectivity index (χ1) is 10.3. The highest BCUT2D eigenvalue weighted by molar-refractivity contribution is 7.86. The predicted octanol–water partition coefficient (Wildman–Crippen LogP) is 3.81. The first-order valence-corrected chi connectivity index (χ1v) is 8.37. The summed E-state index contributed by atoms with van der Waals surface area (Å²) in [6.45, 7) is 4.19. The molecule has 2 aromatic carbocycles. The van der Waals surface area contributed by atoms with Gasteiger partial charge in [0.15, 0.2) is 0 Å². The monoisotopic (exact) mass is 317 g/mol. The van der Waals surface area contributed by atoms with Crippen LogP contribution in [-0.2, 0) is 10.1 Å². The minimum atomic E-state index is -4.32. The minimum absolute atomic E-state index is 0.189. The molecular formula is C17H19NO3S. The van der Waals surface area contributed by atoms with Crippen LogP contribution in [0.4, 0.5) is 5.69 Å². The smallest absolute Gasteiger partial charge is 0.295 e. The third kappa shape index (κ3) is 3.75. The van der Waals surface area contributed by atoms with Gasteiger partial charge in [0.2, 0.25) is 0 Å². The zero-order valence-electron chi connectivity index (χ0n) is 12.5. The molecule has 0 aliphatic rings. The van der Waals surface area contributed by atoms with Gasteiger partial charge in [0.1, 0.15) is 4.90 Å². The standard InChI is InChI=1S/C17H19NO3S/c1-12(2)16-6-4-3-5-13(16)7-8-14-9-10-15(18)11-17(14)22(19,20)21/h3-12H,18H2,1-2H3,(H,19,20,21). The molecule has 0 amide bonds. The Morgan fingerprint density at radius 1 is 1.05 bits per heavy atom. The normalized spacial score (nSPS) is 12.2. The van der Waals surface area contributed by atoms with Gasteiger partial charge in [0, 0.05) is 5.69 Å². The SMILES string of the molecule is CC(C)c1ccccc1C=Cc1ccc(N)cc1S(=O)(=O)O. The maximum Gasteiger partial charge on any atom is 0.295 e. The lowest BCUT2D eigenvalue weighted by atomic mass is 9.96.